The Kier molecular flexibility index (Phi) is 5.86. The third-order valence-electron chi connectivity index (χ3n) is 6.58. The standard InChI is InChI=1S/C25H32N8O2/c1-16(2)33-20-13-19(6-7-21(20)35-24(33)34)29-23-17(3)14-28-25(26,30-23)18-5-8-22(27-15-18)32-11-9-31(4)10-12-32/h5-8,13-16,28H,9-12,26H2,1-4H3,(H,29,30). The second-order valence-corrected chi connectivity index (χ2v) is 9.53. The number of likely N-dealkylation sites (N-methyl/N-ethyl adjacent to an activating group) is 1. The summed E-state index contributed by atoms with van der Waals surface area (Å²) < 4.78 is 7.00. The number of hydrogen-bond donors (Lipinski definition) is 3. The van der Waals surface area contributed by atoms with Crippen molar-refractivity contribution in [2.24, 2.45) is 10.7 Å². The highest BCUT2D eigenvalue weighted by atomic mass is 16.4. The highest BCUT2D eigenvalue weighted by Gasteiger charge is 2.30. The minimum absolute atomic E-state index is 0.0186. The van der Waals surface area contributed by atoms with Gasteiger partial charge in [-0.05, 0) is 58.2 Å². The van der Waals surface area contributed by atoms with Gasteiger partial charge in [-0.1, -0.05) is 0 Å². The molecule has 2 aromatic heterocycles. The second-order valence-electron chi connectivity index (χ2n) is 9.53. The summed E-state index contributed by atoms with van der Waals surface area (Å²) in [7, 11) is 2.14. The molecule has 2 aliphatic heterocycles. The molecule has 1 unspecified atom stereocenters. The molecule has 3 aromatic rings. The molecule has 0 aliphatic carbocycles. The van der Waals surface area contributed by atoms with E-state index in [1.165, 1.54) is 0 Å². The summed E-state index contributed by atoms with van der Waals surface area (Å²) in [5.74, 6) is 0.0569. The molecule has 1 fully saturated rings. The van der Waals surface area contributed by atoms with E-state index in [9.17, 15) is 4.79 Å². The van der Waals surface area contributed by atoms with Crippen LogP contribution < -0.4 is 27.0 Å². The van der Waals surface area contributed by atoms with Gasteiger partial charge in [0.2, 0.25) is 5.79 Å². The molecule has 10 nitrogen and oxygen atoms in total. The number of nitrogens with zero attached hydrogens (tertiary/aromatic N) is 5. The molecular formula is C25H32N8O2. The lowest BCUT2D eigenvalue weighted by Crippen LogP contribution is -2.50. The van der Waals surface area contributed by atoms with Gasteiger partial charge in [0.25, 0.3) is 0 Å². The number of nitrogens with two attached hydrogens (primary N) is 1. The normalized spacial score (nSPS) is 21.1. The van der Waals surface area contributed by atoms with Gasteiger partial charge in [-0.15, -0.1) is 0 Å². The predicted octanol–water partition coefficient (Wildman–Crippen LogP) is 2.41. The zero-order chi connectivity index (χ0) is 24.7. The number of pyridine rings is 1. The van der Waals surface area contributed by atoms with Crippen LogP contribution in [-0.2, 0) is 5.79 Å². The molecule has 184 valence electrons. The van der Waals surface area contributed by atoms with Crippen molar-refractivity contribution in [3.05, 3.63) is 64.4 Å². The van der Waals surface area contributed by atoms with Crippen LogP contribution in [0.15, 0.2) is 62.5 Å². The van der Waals surface area contributed by atoms with Gasteiger partial charge in [0.1, 0.15) is 11.7 Å². The first kappa shape index (κ1) is 23.1. The van der Waals surface area contributed by atoms with Crippen LogP contribution in [0.3, 0.4) is 0 Å². The molecule has 1 atom stereocenters. The molecule has 0 amide bonds. The van der Waals surface area contributed by atoms with Crippen molar-refractivity contribution in [2.45, 2.75) is 32.6 Å². The summed E-state index contributed by atoms with van der Waals surface area (Å²) in [6.45, 7) is 9.80. The zero-order valence-corrected chi connectivity index (χ0v) is 20.6. The Labute approximate surface area is 204 Å². The Morgan fingerprint density at radius 2 is 1.94 bits per heavy atom. The Bertz CT molecular complexity index is 1350. The molecule has 1 saturated heterocycles. The topological polar surface area (TPSA) is 117 Å². The molecule has 5 rings (SSSR count). The van der Waals surface area contributed by atoms with E-state index in [4.69, 9.17) is 15.1 Å². The molecule has 35 heavy (non-hydrogen) atoms. The van der Waals surface area contributed by atoms with E-state index in [0.717, 1.165) is 54.3 Å². The van der Waals surface area contributed by atoms with Gasteiger partial charge in [-0.25, -0.2) is 14.8 Å². The minimum atomic E-state index is -1.16. The summed E-state index contributed by atoms with van der Waals surface area (Å²) >= 11 is 0. The Morgan fingerprint density at radius 3 is 2.63 bits per heavy atom. The molecule has 0 saturated carbocycles. The number of oxazole rings is 1. The van der Waals surface area contributed by atoms with E-state index in [2.05, 4.69) is 32.5 Å². The number of anilines is 2. The number of fused-ring (bicyclic) bond motifs is 1. The summed E-state index contributed by atoms with van der Waals surface area (Å²) in [6.07, 6.45) is 3.64. The van der Waals surface area contributed by atoms with Gasteiger partial charge in [-0.2, -0.15) is 0 Å². The van der Waals surface area contributed by atoms with E-state index < -0.39 is 5.79 Å². The Morgan fingerprint density at radius 1 is 1.17 bits per heavy atom. The molecule has 2 aliphatic rings. The molecule has 10 heteroatoms. The van der Waals surface area contributed by atoms with Crippen LogP contribution in [0.1, 0.15) is 32.4 Å². The third kappa shape index (κ3) is 4.42. The van der Waals surface area contributed by atoms with E-state index in [1.807, 2.05) is 51.2 Å². The Balaban J connectivity index is 1.40. The molecule has 4 N–H and O–H groups in total. The molecule has 0 radical (unpaired) electrons. The molecule has 1 aromatic carbocycles. The average Bonchev–Trinajstić information content (AvgIpc) is 3.17. The van der Waals surface area contributed by atoms with Gasteiger partial charge in [-0.3, -0.25) is 10.3 Å². The summed E-state index contributed by atoms with van der Waals surface area (Å²) in [6, 6.07) is 9.50. The van der Waals surface area contributed by atoms with Gasteiger partial charge in [0, 0.05) is 61.4 Å². The van der Waals surface area contributed by atoms with Crippen molar-refractivity contribution in [3.63, 3.8) is 0 Å². The predicted molar refractivity (Wildman–Crippen MR) is 139 cm³/mol. The number of rotatable bonds is 4. The summed E-state index contributed by atoms with van der Waals surface area (Å²) in [5.41, 5.74) is 10.4. The van der Waals surface area contributed by atoms with Crippen LogP contribution in [0.4, 0.5) is 11.5 Å². The van der Waals surface area contributed by atoms with Crippen LogP contribution in [-0.4, -0.2) is 53.5 Å². The smallest absolute Gasteiger partial charge is 0.408 e. The van der Waals surface area contributed by atoms with Crippen molar-refractivity contribution in [3.8, 4) is 0 Å². The van der Waals surface area contributed by atoms with E-state index >= 15 is 0 Å². The molecule has 4 heterocycles. The van der Waals surface area contributed by atoms with Crippen molar-refractivity contribution in [1.82, 2.24) is 19.8 Å². The first-order valence-electron chi connectivity index (χ1n) is 11.9. The number of aromatic nitrogens is 2. The number of piperazine rings is 1. The third-order valence-corrected chi connectivity index (χ3v) is 6.58. The van der Waals surface area contributed by atoms with Gasteiger partial charge < -0.3 is 24.9 Å². The first-order chi connectivity index (χ1) is 16.7. The number of nitrogens with one attached hydrogen (secondary N) is 2. The van der Waals surface area contributed by atoms with E-state index in [1.54, 1.807) is 16.8 Å². The van der Waals surface area contributed by atoms with Crippen LogP contribution in [0.5, 0.6) is 0 Å². The van der Waals surface area contributed by atoms with Crippen LogP contribution in [0.25, 0.3) is 11.1 Å². The minimum Gasteiger partial charge on any atom is -0.408 e. The van der Waals surface area contributed by atoms with Crippen molar-refractivity contribution < 1.29 is 4.42 Å². The number of benzene rings is 1. The van der Waals surface area contributed by atoms with Crippen molar-refractivity contribution >= 4 is 28.4 Å². The van der Waals surface area contributed by atoms with Crippen molar-refractivity contribution in [1.29, 1.82) is 0 Å². The number of aliphatic imine (C=N–C) groups is 1. The van der Waals surface area contributed by atoms with Crippen molar-refractivity contribution in [2.75, 3.05) is 43.4 Å². The summed E-state index contributed by atoms with van der Waals surface area (Å²) in [4.78, 5) is 26.3. The van der Waals surface area contributed by atoms with E-state index in [0.29, 0.717) is 11.4 Å². The zero-order valence-electron chi connectivity index (χ0n) is 20.6. The maximum absolute atomic E-state index is 12.2. The molecular weight excluding hydrogens is 444 g/mol. The fraction of sp³-hybridized carbons (Fsp3) is 0.400. The highest BCUT2D eigenvalue weighted by Crippen LogP contribution is 2.26. The highest BCUT2D eigenvalue weighted by molar-refractivity contribution is 6.08. The first-order valence-corrected chi connectivity index (χ1v) is 11.9. The maximum atomic E-state index is 12.2. The monoisotopic (exact) mass is 476 g/mol. The second kappa shape index (κ2) is 8.86. The average molecular weight is 477 g/mol. The lowest BCUT2D eigenvalue weighted by Gasteiger charge is -2.34. The van der Waals surface area contributed by atoms with Crippen LogP contribution in [0.2, 0.25) is 0 Å². The van der Waals surface area contributed by atoms with Crippen LogP contribution >= 0.6 is 0 Å². The fourth-order valence-corrected chi connectivity index (χ4v) is 4.43. The van der Waals surface area contributed by atoms with Crippen LogP contribution in [0, 0.1) is 0 Å². The van der Waals surface area contributed by atoms with Gasteiger partial charge in [0.05, 0.1) is 5.52 Å². The Hall–Kier alpha value is -3.63. The largest absolute Gasteiger partial charge is 0.420 e. The number of hydrogen-bond acceptors (Lipinski definition) is 9. The lowest BCUT2D eigenvalue weighted by atomic mass is 10.1. The quantitative estimate of drug-likeness (QED) is 0.526. The number of amidine groups is 1. The maximum Gasteiger partial charge on any atom is 0.420 e. The molecule has 0 bridgehead atoms. The van der Waals surface area contributed by atoms with Gasteiger partial charge >= 0.3 is 5.76 Å². The fourth-order valence-electron chi connectivity index (χ4n) is 4.43. The van der Waals surface area contributed by atoms with Gasteiger partial charge in [0.15, 0.2) is 5.58 Å². The van der Waals surface area contributed by atoms with E-state index in [-0.39, 0.29) is 11.8 Å². The summed E-state index contributed by atoms with van der Waals surface area (Å²) in [5, 5.41) is 6.57. The SMILES string of the molecule is CC1=CNC(N)(c2ccc(N3CCN(C)CC3)nc2)N=C1Nc1ccc2oc(=O)n(C(C)C)c2c1. The molecule has 0 spiro atoms. The lowest BCUT2D eigenvalue weighted by molar-refractivity contribution is 0.312.